The Morgan fingerprint density at radius 2 is 1.90 bits per heavy atom. The second-order valence-corrected chi connectivity index (χ2v) is 6.81. The molecule has 0 unspecified atom stereocenters. The highest BCUT2D eigenvalue weighted by molar-refractivity contribution is 6.36. The smallest absolute Gasteiger partial charge is 0.363 e. The molecule has 0 atom stereocenters. The molecule has 3 aromatic rings. The van der Waals surface area contributed by atoms with Crippen molar-refractivity contribution in [2.45, 2.75) is 0 Å². The second-order valence-electron chi connectivity index (χ2n) is 5.97. The molecule has 2 aromatic carbocycles. The SMILES string of the molecule is O=C1OC(c2cccc([N+](=O)[O-])c2)=NC1=Cc1ccc(-c2ccc(Cl)cc2Cl)o1. The van der Waals surface area contributed by atoms with Crippen LogP contribution in [0, 0.1) is 10.1 Å². The number of carbonyl (C=O) groups excluding carboxylic acids is 1. The van der Waals surface area contributed by atoms with Crippen LogP contribution in [0.2, 0.25) is 10.0 Å². The van der Waals surface area contributed by atoms with E-state index in [2.05, 4.69) is 4.99 Å². The van der Waals surface area contributed by atoms with Crippen LogP contribution in [0.3, 0.4) is 0 Å². The number of halogens is 2. The van der Waals surface area contributed by atoms with Gasteiger partial charge in [-0.2, -0.15) is 0 Å². The number of hydrogen-bond donors (Lipinski definition) is 0. The number of nitro groups is 1. The van der Waals surface area contributed by atoms with E-state index in [1.165, 1.54) is 24.3 Å². The van der Waals surface area contributed by atoms with Crippen LogP contribution in [0.4, 0.5) is 5.69 Å². The summed E-state index contributed by atoms with van der Waals surface area (Å²) in [6, 6.07) is 14.0. The Bertz CT molecular complexity index is 1210. The molecule has 0 saturated carbocycles. The minimum Gasteiger partial charge on any atom is -0.457 e. The molecule has 7 nitrogen and oxygen atoms in total. The topological polar surface area (TPSA) is 94.9 Å². The molecule has 1 aromatic heterocycles. The zero-order valence-corrected chi connectivity index (χ0v) is 16.0. The van der Waals surface area contributed by atoms with Crippen LogP contribution in [-0.2, 0) is 9.53 Å². The van der Waals surface area contributed by atoms with Crippen LogP contribution in [0.1, 0.15) is 11.3 Å². The minimum atomic E-state index is -0.686. The van der Waals surface area contributed by atoms with Gasteiger partial charge in [0.25, 0.3) is 5.69 Å². The molecule has 1 aliphatic heterocycles. The molecule has 29 heavy (non-hydrogen) atoms. The van der Waals surface area contributed by atoms with Crippen molar-refractivity contribution in [2.75, 3.05) is 0 Å². The maximum atomic E-state index is 12.1. The van der Waals surface area contributed by atoms with Gasteiger partial charge >= 0.3 is 5.97 Å². The molecular weight excluding hydrogens is 419 g/mol. The van der Waals surface area contributed by atoms with Crippen LogP contribution < -0.4 is 0 Å². The number of nitro benzene ring substituents is 1. The Morgan fingerprint density at radius 3 is 2.66 bits per heavy atom. The third kappa shape index (κ3) is 3.91. The normalized spacial score (nSPS) is 14.8. The lowest BCUT2D eigenvalue weighted by Crippen LogP contribution is -2.05. The van der Waals surface area contributed by atoms with Gasteiger partial charge in [-0.05, 0) is 36.4 Å². The lowest BCUT2D eigenvalue weighted by atomic mass is 10.2. The number of carbonyl (C=O) groups is 1. The summed E-state index contributed by atoms with van der Waals surface area (Å²) < 4.78 is 10.9. The zero-order valence-electron chi connectivity index (χ0n) is 14.5. The Hall–Kier alpha value is -3.42. The van der Waals surface area contributed by atoms with Crippen LogP contribution in [0.15, 0.2) is 69.7 Å². The molecule has 9 heteroatoms. The number of esters is 1. The Balaban J connectivity index is 1.63. The van der Waals surface area contributed by atoms with Gasteiger partial charge in [0, 0.05) is 34.4 Å². The first-order valence-electron chi connectivity index (χ1n) is 8.23. The van der Waals surface area contributed by atoms with Crippen LogP contribution in [0.25, 0.3) is 17.4 Å². The number of rotatable bonds is 4. The maximum absolute atomic E-state index is 12.1. The van der Waals surface area contributed by atoms with E-state index in [-0.39, 0.29) is 17.3 Å². The van der Waals surface area contributed by atoms with Gasteiger partial charge in [0.1, 0.15) is 11.5 Å². The van der Waals surface area contributed by atoms with E-state index in [0.717, 1.165) is 0 Å². The fraction of sp³-hybridized carbons (Fsp3) is 0. The van der Waals surface area contributed by atoms with Gasteiger partial charge in [-0.25, -0.2) is 9.79 Å². The van der Waals surface area contributed by atoms with Crippen LogP contribution in [0.5, 0.6) is 0 Å². The Kier molecular flexibility index (Phi) is 4.92. The van der Waals surface area contributed by atoms with Gasteiger partial charge in [0.2, 0.25) is 5.90 Å². The maximum Gasteiger partial charge on any atom is 0.363 e. The van der Waals surface area contributed by atoms with Crippen molar-refractivity contribution < 1.29 is 18.9 Å². The van der Waals surface area contributed by atoms with E-state index in [1.807, 2.05) is 0 Å². The summed E-state index contributed by atoms with van der Waals surface area (Å²) in [5.74, 6) is 0.154. The number of hydrogen-bond acceptors (Lipinski definition) is 6. The Labute approximate surface area is 174 Å². The predicted molar refractivity (Wildman–Crippen MR) is 108 cm³/mol. The predicted octanol–water partition coefficient (Wildman–Crippen LogP) is 5.51. The van der Waals surface area contributed by atoms with Gasteiger partial charge < -0.3 is 9.15 Å². The monoisotopic (exact) mass is 428 g/mol. The molecule has 144 valence electrons. The van der Waals surface area contributed by atoms with Crippen molar-refractivity contribution in [1.82, 2.24) is 0 Å². The summed E-state index contributed by atoms with van der Waals surface area (Å²) in [7, 11) is 0. The molecule has 0 aliphatic carbocycles. The molecule has 0 fully saturated rings. The number of ether oxygens (including phenoxy) is 1. The van der Waals surface area contributed by atoms with E-state index in [4.69, 9.17) is 32.4 Å². The number of cyclic esters (lactones) is 1. The zero-order chi connectivity index (χ0) is 20.5. The third-order valence-electron chi connectivity index (χ3n) is 4.03. The summed E-state index contributed by atoms with van der Waals surface area (Å²) in [6.07, 6.45) is 1.42. The van der Waals surface area contributed by atoms with E-state index in [0.29, 0.717) is 32.7 Å². The van der Waals surface area contributed by atoms with Crippen molar-refractivity contribution >= 4 is 46.8 Å². The molecule has 1 aliphatic rings. The molecule has 0 N–H and O–H groups in total. The second kappa shape index (κ2) is 7.54. The number of benzene rings is 2. The van der Waals surface area contributed by atoms with Crippen molar-refractivity contribution in [1.29, 1.82) is 0 Å². The highest BCUT2D eigenvalue weighted by Gasteiger charge is 2.25. The first-order valence-corrected chi connectivity index (χ1v) is 8.99. The van der Waals surface area contributed by atoms with Crippen molar-refractivity contribution in [2.24, 2.45) is 4.99 Å². The molecule has 0 radical (unpaired) electrons. The van der Waals surface area contributed by atoms with Crippen LogP contribution in [-0.4, -0.2) is 16.8 Å². The highest BCUT2D eigenvalue weighted by Crippen LogP contribution is 2.32. The van der Waals surface area contributed by atoms with E-state index < -0.39 is 10.9 Å². The fourth-order valence-electron chi connectivity index (χ4n) is 2.68. The largest absolute Gasteiger partial charge is 0.457 e. The van der Waals surface area contributed by atoms with Crippen LogP contribution >= 0.6 is 23.2 Å². The third-order valence-corrected chi connectivity index (χ3v) is 4.57. The van der Waals surface area contributed by atoms with Gasteiger partial charge in [0.15, 0.2) is 5.70 Å². The molecule has 0 amide bonds. The van der Waals surface area contributed by atoms with E-state index in [9.17, 15) is 14.9 Å². The summed E-state index contributed by atoms with van der Waals surface area (Å²) in [5.41, 5.74) is 0.850. The van der Waals surface area contributed by atoms with Crippen molar-refractivity contribution in [3.8, 4) is 11.3 Å². The van der Waals surface area contributed by atoms with Crippen molar-refractivity contribution in [3.63, 3.8) is 0 Å². The number of nitrogens with zero attached hydrogens (tertiary/aromatic N) is 2. The molecule has 2 heterocycles. The van der Waals surface area contributed by atoms with E-state index >= 15 is 0 Å². The van der Waals surface area contributed by atoms with E-state index in [1.54, 1.807) is 36.4 Å². The molecule has 0 spiro atoms. The standard InChI is InChI=1S/C20H10Cl2N2O5/c21-12-4-6-15(16(22)9-12)18-7-5-14(28-18)10-17-20(25)29-19(23-17)11-2-1-3-13(8-11)24(26)27/h1-10H. The molecule has 4 rings (SSSR count). The minimum absolute atomic E-state index is 0.00890. The summed E-state index contributed by atoms with van der Waals surface area (Å²) in [6.45, 7) is 0. The van der Waals surface area contributed by atoms with Gasteiger partial charge in [-0.3, -0.25) is 10.1 Å². The van der Waals surface area contributed by atoms with Gasteiger partial charge in [0.05, 0.1) is 9.95 Å². The fourth-order valence-corrected chi connectivity index (χ4v) is 3.19. The lowest BCUT2D eigenvalue weighted by Gasteiger charge is -2.00. The van der Waals surface area contributed by atoms with Crippen molar-refractivity contribution in [3.05, 3.63) is 91.8 Å². The quantitative estimate of drug-likeness (QED) is 0.236. The summed E-state index contributed by atoms with van der Waals surface area (Å²) in [4.78, 5) is 26.6. The number of furan rings is 1. The Morgan fingerprint density at radius 1 is 1.07 bits per heavy atom. The highest BCUT2D eigenvalue weighted by atomic mass is 35.5. The number of non-ortho nitro benzene ring substituents is 1. The molecule has 0 saturated heterocycles. The summed E-state index contributed by atoms with van der Waals surface area (Å²) >= 11 is 12.1. The first kappa shape index (κ1) is 18.9. The summed E-state index contributed by atoms with van der Waals surface area (Å²) in [5, 5.41) is 11.8. The molecular formula is C20H10Cl2N2O5. The molecule has 0 bridgehead atoms. The number of aliphatic imine (C=N–C) groups is 1. The first-order chi connectivity index (χ1) is 13.9. The average molecular weight is 429 g/mol. The van der Waals surface area contributed by atoms with Gasteiger partial charge in [-0.15, -0.1) is 0 Å². The average Bonchev–Trinajstić information content (AvgIpc) is 3.29. The van der Waals surface area contributed by atoms with Gasteiger partial charge in [-0.1, -0.05) is 29.3 Å². The lowest BCUT2D eigenvalue weighted by molar-refractivity contribution is -0.384.